The molecule has 0 unspecified atom stereocenters. The molecule has 5 rings (SSSR count). The van der Waals surface area contributed by atoms with Gasteiger partial charge in [-0.25, -0.2) is 0 Å². The Bertz CT molecular complexity index is 631. The van der Waals surface area contributed by atoms with E-state index in [0.29, 0.717) is 5.76 Å². The maximum absolute atomic E-state index is 12.3. The van der Waals surface area contributed by atoms with Crippen LogP contribution in [0.3, 0.4) is 0 Å². The van der Waals surface area contributed by atoms with Crippen LogP contribution in [0, 0.1) is 30.1 Å². The molecule has 2 N–H and O–H groups in total. The third-order valence-corrected chi connectivity index (χ3v) is 6.43. The molecule has 4 fully saturated rings. The Morgan fingerprint density at radius 2 is 1.75 bits per heavy atom. The van der Waals surface area contributed by atoms with Crippen LogP contribution in [0.5, 0.6) is 0 Å². The van der Waals surface area contributed by atoms with Gasteiger partial charge in [-0.3, -0.25) is 14.9 Å². The lowest BCUT2D eigenvalue weighted by Crippen LogP contribution is -2.57. The molecule has 0 radical (unpaired) electrons. The normalized spacial score (nSPS) is 34.8. The van der Waals surface area contributed by atoms with Crippen molar-refractivity contribution in [3.05, 3.63) is 11.8 Å². The fourth-order valence-electron chi connectivity index (χ4n) is 5.72. The number of nitrogens with zero attached hydrogens (tertiary/aromatic N) is 1. The standard InChI is InChI=1S/C18H25N3O3/c1-10-3-15(21-24-10)20-17(23)16(22)19-11(2)18-7-12-4-13(8-18)6-14(5-12)9-18/h3,11-14H,4-9H2,1-2H3,(H,19,22)(H,20,21,23)/t11-,12?,13?,14?,18?/m1/s1. The number of hydrogen-bond donors (Lipinski definition) is 2. The van der Waals surface area contributed by atoms with Gasteiger partial charge in [0, 0.05) is 12.1 Å². The average molecular weight is 331 g/mol. The minimum atomic E-state index is -0.681. The summed E-state index contributed by atoms with van der Waals surface area (Å²) in [6, 6.07) is 1.62. The lowest BCUT2D eigenvalue weighted by Gasteiger charge is -2.59. The molecule has 0 saturated heterocycles. The molecule has 1 aromatic rings. The highest BCUT2D eigenvalue weighted by Gasteiger charge is 2.53. The molecule has 0 spiro atoms. The molecule has 24 heavy (non-hydrogen) atoms. The predicted octanol–water partition coefficient (Wildman–Crippen LogP) is 2.64. The largest absolute Gasteiger partial charge is 0.360 e. The molecule has 4 bridgehead atoms. The third-order valence-electron chi connectivity index (χ3n) is 6.43. The van der Waals surface area contributed by atoms with E-state index in [1.165, 1.54) is 38.5 Å². The third kappa shape index (κ3) is 2.72. The summed E-state index contributed by atoms with van der Waals surface area (Å²) in [6.45, 7) is 3.80. The van der Waals surface area contributed by atoms with Crippen molar-refractivity contribution < 1.29 is 14.1 Å². The summed E-state index contributed by atoms with van der Waals surface area (Å²) in [6.07, 6.45) is 7.70. The molecule has 1 heterocycles. The maximum atomic E-state index is 12.3. The highest BCUT2D eigenvalue weighted by Crippen LogP contribution is 2.61. The summed E-state index contributed by atoms with van der Waals surface area (Å²) in [4.78, 5) is 24.4. The van der Waals surface area contributed by atoms with Gasteiger partial charge >= 0.3 is 11.8 Å². The maximum Gasteiger partial charge on any atom is 0.314 e. The molecule has 0 aromatic carbocycles. The minimum absolute atomic E-state index is 0.0307. The van der Waals surface area contributed by atoms with E-state index in [1.54, 1.807) is 13.0 Å². The SMILES string of the molecule is Cc1cc(NC(=O)C(=O)N[C@H](C)C23CC4CC(CC(C4)C2)C3)no1. The highest BCUT2D eigenvalue weighted by atomic mass is 16.5. The van der Waals surface area contributed by atoms with Crippen LogP contribution >= 0.6 is 0 Å². The fraction of sp³-hybridized carbons (Fsp3) is 0.722. The first-order chi connectivity index (χ1) is 11.4. The second-order valence-corrected chi connectivity index (χ2v) is 8.25. The van der Waals surface area contributed by atoms with Gasteiger partial charge in [0.1, 0.15) is 5.76 Å². The zero-order chi connectivity index (χ0) is 16.9. The van der Waals surface area contributed by atoms with Crippen LogP contribution < -0.4 is 10.6 Å². The molecule has 0 aliphatic heterocycles. The van der Waals surface area contributed by atoms with E-state index in [-0.39, 0.29) is 17.3 Å². The Kier molecular flexibility index (Phi) is 3.66. The van der Waals surface area contributed by atoms with E-state index in [1.807, 2.05) is 0 Å². The molecular formula is C18H25N3O3. The van der Waals surface area contributed by atoms with Crippen molar-refractivity contribution in [3.8, 4) is 0 Å². The quantitative estimate of drug-likeness (QED) is 0.834. The van der Waals surface area contributed by atoms with E-state index in [9.17, 15) is 9.59 Å². The Labute approximate surface area is 141 Å². The van der Waals surface area contributed by atoms with Crippen molar-refractivity contribution in [2.45, 2.75) is 58.4 Å². The Hall–Kier alpha value is -1.85. The van der Waals surface area contributed by atoms with Gasteiger partial charge in [-0.1, -0.05) is 5.16 Å². The van der Waals surface area contributed by atoms with Gasteiger partial charge in [0.15, 0.2) is 5.82 Å². The minimum Gasteiger partial charge on any atom is -0.360 e. The lowest BCUT2D eigenvalue weighted by atomic mass is 9.48. The van der Waals surface area contributed by atoms with Crippen molar-refractivity contribution in [3.63, 3.8) is 0 Å². The number of amides is 2. The first-order valence-corrected chi connectivity index (χ1v) is 8.99. The zero-order valence-corrected chi connectivity index (χ0v) is 14.3. The second kappa shape index (κ2) is 5.60. The lowest BCUT2D eigenvalue weighted by molar-refractivity contribution is -0.138. The van der Waals surface area contributed by atoms with Crippen LogP contribution in [-0.4, -0.2) is 23.0 Å². The van der Waals surface area contributed by atoms with Crippen molar-refractivity contribution in [2.24, 2.45) is 23.2 Å². The average Bonchev–Trinajstić information content (AvgIpc) is 2.90. The molecule has 6 nitrogen and oxygen atoms in total. The zero-order valence-electron chi connectivity index (χ0n) is 14.3. The number of nitrogens with one attached hydrogen (secondary N) is 2. The topological polar surface area (TPSA) is 84.2 Å². The van der Waals surface area contributed by atoms with Crippen molar-refractivity contribution >= 4 is 17.6 Å². The summed E-state index contributed by atoms with van der Waals surface area (Å²) in [7, 11) is 0. The fourth-order valence-corrected chi connectivity index (χ4v) is 5.72. The van der Waals surface area contributed by atoms with Gasteiger partial charge in [-0.05, 0) is 75.5 Å². The molecular weight excluding hydrogens is 306 g/mol. The highest BCUT2D eigenvalue weighted by molar-refractivity contribution is 6.39. The molecule has 1 atom stereocenters. The summed E-state index contributed by atoms with van der Waals surface area (Å²) in [5, 5.41) is 9.13. The molecule has 4 aliphatic carbocycles. The van der Waals surface area contributed by atoms with E-state index < -0.39 is 11.8 Å². The Morgan fingerprint density at radius 1 is 1.17 bits per heavy atom. The summed E-state index contributed by atoms with van der Waals surface area (Å²) < 4.78 is 4.89. The molecule has 1 aromatic heterocycles. The number of aryl methyl sites for hydroxylation is 1. The van der Waals surface area contributed by atoms with Crippen LogP contribution in [0.1, 0.15) is 51.2 Å². The monoisotopic (exact) mass is 331 g/mol. The number of aromatic nitrogens is 1. The molecule has 6 heteroatoms. The van der Waals surface area contributed by atoms with Gasteiger partial charge in [0.2, 0.25) is 0 Å². The molecule has 4 aliphatic rings. The van der Waals surface area contributed by atoms with Crippen LogP contribution in [0.15, 0.2) is 10.6 Å². The van der Waals surface area contributed by atoms with Crippen molar-refractivity contribution in [1.82, 2.24) is 10.5 Å². The molecule has 4 saturated carbocycles. The summed E-state index contributed by atoms with van der Waals surface area (Å²) >= 11 is 0. The summed E-state index contributed by atoms with van der Waals surface area (Å²) in [5.74, 6) is 2.06. The first kappa shape index (κ1) is 15.7. The Morgan fingerprint density at radius 3 is 2.25 bits per heavy atom. The molecule has 130 valence electrons. The van der Waals surface area contributed by atoms with Crippen LogP contribution in [-0.2, 0) is 9.59 Å². The van der Waals surface area contributed by atoms with E-state index in [2.05, 4.69) is 22.7 Å². The van der Waals surface area contributed by atoms with E-state index >= 15 is 0 Å². The van der Waals surface area contributed by atoms with Gasteiger partial charge in [0.25, 0.3) is 0 Å². The number of rotatable bonds is 3. The van der Waals surface area contributed by atoms with Crippen LogP contribution in [0.25, 0.3) is 0 Å². The van der Waals surface area contributed by atoms with Crippen molar-refractivity contribution in [1.29, 1.82) is 0 Å². The predicted molar refractivity (Wildman–Crippen MR) is 88.1 cm³/mol. The van der Waals surface area contributed by atoms with Gasteiger partial charge in [-0.15, -0.1) is 0 Å². The molecule has 2 amide bonds. The number of anilines is 1. The van der Waals surface area contributed by atoms with Crippen LogP contribution in [0.4, 0.5) is 5.82 Å². The smallest absolute Gasteiger partial charge is 0.314 e. The summed E-state index contributed by atoms with van der Waals surface area (Å²) in [5.41, 5.74) is 0.190. The number of carbonyl (C=O) groups is 2. The first-order valence-electron chi connectivity index (χ1n) is 8.99. The second-order valence-electron chi connectivity index (χ2n) is 8.25. The number of carbonyl (C=O) groups excluding carboxylic acids is 2. The van der Waals surface area contributed by atoms with Gasteiger partial charge in [0.05, 0.1) is 0 Å². The van der Waals surface area contributed by atoms with Crippen LogP contribution in [0.2, 0.25) is 0 Å². The number of hydrogen-bond acceptors (Lipinski definition) is 4. The van der Waals surface area contributed by atoms with E-state index in [0.717, 1.165) is 17.8 Å². The van der Waals surface area contributed by atoms with E-state index in [4.69, 9.17) is 4.52 Å². The Balaban J connectivity index is 1.39. The van der Waals surface area contributed by atoms with Gasteiger partial charge in [-0.2, -0.15) is 0 Å². The van der Waals surface area contributed by atoms with Crippen molar-refractivity contribution in [2.75, 3.05) is 5.32 Å². The van der Waals surface area contributed by atoms with Gasteiger partial charge < -0.3 is 9.84 Å².